The van der Waals surface area contributed by atoms with Crippen molar-refractivity contribution in [3.8, 4) is 0 Å². The van der Waals surface area contributed by atoms with Crippen LogP contribution in [0.4, 0.5) is 5.69 Å². The number of fused-ring (bicyclic) bond motifs is 1. The largest absolute Gasteiger partial charge is 0.481 e. The maximum atomic E-state index is 10.9. The number of carboxylic acid groups (broad SMARTS) is 1. The molecule has 1 aliphatic heterocycles. The molecule has 1 N–H and O–H groups in total. The van der Waals surface area contributed by atoms with E-state index in [1.807, 2.05) is 6.92 Å². The smallest absolute Gasteiger partial charge is 0.303 e. The van der Waals surface area contributed by atoms with Gasteiger partial charge in [0.2, 0.25) is 0 Å². The predicted molar refractivity (Wildman–Crippen MR) is 80.4 cm³/mol. The second kappa shape index (κ2) is 5.47. The zero-order valence-electron chi connectivity index (χ0n) is 12.1. The van der Waals surface area contributed by atoms with Gasteiger partial charge < -0.3 is 10.0 Å². The Hall–Kier alpha value is -1.51. The van der Waals surface area contributed by atoms with Crippen LogP contribution in [0.2, 0.25) is 0 Å². The first kappa shape index (κ1) is 13.5. The molecule has 1 saturated carbocycles. The van der Waals surface area contributed by atoms with Crippen LogP contribution in [-0.2, 0) is 11.2 Å². The Bertz CT molecular complexity index is 508. The number of aliphatic carboxylic acids is 1. The average molecular weight is 273 g/mol. The van der Waals surface area contributed by atoms with Crippen molar-refractivity contribution in [2.75, 3.05) is 18.0 Å². The molecule has 3 heteroatoms. The van der Waals surface area contributed by atoms with Crippen LogP contribution < -0.4 is 4.90 Å². The number of hydrogen-bond acceptors (Lipinski definition) is 2. The molecule has 1 heterocycles. The Morgan fingerprint density at radius 2 is 2.25 bits per heavy atom. The summed E-state index contributed by atoms with van der Waals surface area (Å²) in [4.78, 5) is 13.4. The Morgan fingerprint density at radius 1 is 1.45 bits per heavy atom. The van der Waals surface area contributed by atoms with Gasteiger partial charge in [-0.15, -0.1) is 0 Å². The highest BCUT2D eigenvalue weighted by atomic mass is 16.4. The van der Waals surface area contributed by atoms with E-state index < -0.39 is 5.97 Å². The maximum absolute atomic E-state index is 10.9. The summed E-state index contributed by atoms with van der Waals surface area (Å²) >= 11 is 0. The van der Waals surface area contributed by atoms with Crippen LogP contribution in [0.15, 0.2) is 18.2 Å². The van der Waals surface area contributed by atoms with Crippen molar-refractivity contribution in [2.24, 2.45) is 5.92 Å². The lowest BCUT2D eigenvalue weighted by Crippen LogP contribution is -2.31. The van der Waals surface area contributed by atoms with E-state index in [9.17, 15) is 4.79 Å². The van der Waals surface area contributed by atoms with Crippen LogP contribution in [0.25, 0.3) is 0 Å². The van der Waals surface area contributed by atoms with Crippen molar-refractivity contribution >= 4 is 11.7 Å². The molecule has 3 nitrogen and oxygen atoms in total. The second-order valence-corrected chi connectivity index (χ2v) is 6.34. The molecule has 0 bridgehead atoms. The van der Waals surface area contributed by atoms with Crippen LogP contribution in [-0.4, -0.2) is 24.2 Å². The minimum atomic E-state index is -0.709. The number of hydrogen-bond donors (Lipinski definition) is 1. The van der Waals surface area contributed by atoms with Crippen LogP contribution in [0, 0.1) is 5.92 Å². The summed E-state index contributed by atoms with van der Waals surface area (Å²) in [6.45, 7) is 4.31. The van der Waals surface area contributed by atoms with Gasteiger partial charge in [-0.05, 0) is 48.3 Å². The fourth-order valence-corrected chi connectivity index (χ4v) is 3.54. The first-order chi connectivity index (χ1) is 9.65. The predicted octanol–water partition coefficient (Wildman–Crippen LogP) is 3.43. The Labute approximate surface area is 120 Å². The minimum absolute atomic E-state index is 0.103. The van der Waals surface area contributed by atoms with E-state index in [4.69, 9.17) is 5.11 Å². The quantitative estimate of drug-likeness (QED) is 0.893. The van der Waals surface area contributed by atoms with Gasteiger partial charge in [-0.3, -0.25) is 4.79 Å². The van der Waals surface area contributed by atoms with Gasteiger partial charge >= 0.3 is 5.97 Å². The van der Waals surface area contributed by atoms with Gasteiger partial charge in [-0.2, -0.15) is 0 Å². The SMILES string of the molecule is CC(CC(=O)O)c1cccc2c1CCN2CC1CCC1. The minimum Gasteiger partial charge on any atom is -0.481 e. The van der Waals surface area contributed by atoms with Crippen molar-refractivity contribution in [1.29, 1.82) is 0 Å². The number of rotatable bonds is 5. The first-order valence-corrected chi connectivity index (χ1v) is 7.73. The highest BCUT2D eigenvalue weighted by Crippen LogP contribution is 2.37. The van der Waals surface area contributed by atoms with E-state index in [1.165, 1.54) is 42.6 Å². The molecule has 1 aromatic rings. The van der Waals surface area contributed by atoms with Crippen molar-refractivity contribution in [3.05, 3.63) is 29.3 Å². The normalized spacial score (nSPS) is 19.6. The lowest BCUT2D eigenvalue weighted by Gasteiger charge is -2.31. The van der Waals surface area contributed by atoms with Crippen LogP contribution in [0.1, 0.15) is 49.7 Å². The number of benzene rings is 1. The number of carbonyl (C=O) groups is 1. The van der Waals surface area contributed by atoms with Crippen molar-refractivity contribution in [2.45, 2.75) is 44.9 Å². The topological polar surface area (TPSA) is 40.5 Å². The molecule has 0 saturated heterocycles. The van der Waals surface area contributed by atoms with Gasteiger partial charge in [0.15, 0.2) is 0 Å². The Balaban J connectivity index is 1.79. The molecule has 108 valence electrons. The van der Waals surface area contributed by atoms with E-state index in [-0.39, 0.29) is 12.3 Å². The molecule has 0 spiro atoms. The van der Waals surface area contributed by atoms with Gasteiger partial charge in [0, 0.05) is 18.8 Å². The van der Waals surface area contributed by atoms with Crippen molar-refractivity contribution in [1.82, 2.24) is 0 Å². The molecule has 0 amide bonds. The fourth-order valence-electron chi connectivity index (χ4n) is 3.54. The molecule has 2 aliphatic rings. The maximum Gasteiger partial charge on any atom is 0.303 e. The molecular weight excluding hydrogens is 250 g/mol. The number of nitrogens with zero attached hydrogens (tertiary/aromatic N) is 1. The zero-order chi connectivity index (χ0) is 14.1. The summed E-state index contributed by atoms with van der Waals surface area (Å²) in [5, 5.41) is 8.99. The summed E-state index contributed by atoms with van der Waals surface area (Å²) < 4.78 is 0. The van der Waals surface area contributed by atoms with E-state index in [2.05, 4.69) is 23.1 Å². The highest BCUT2D eigenvalue weighted by Gasteiger charge is 2.27. The molecule has 1 unspecified atom stereocenters. The van der Waals surface area contributed by atoms with Crippen LogP contribution in [0.5, 0.6) is 0 Å². The number of carboxylic acids is 1. The summed E-state index contributed by atoms with van der Waals surface area (Å²) in [5.41, 5.74) is 3.98. The molecule has 3 rings (SSSR count). The molecule has 1 fully saturated rings. The third kappa shape index (κ3) is 2.54. The van der Waals surface area contributed by atoms with Gasteiger partial charge in [0.05, 0.1) is 6.42 Å². The van der Waals surface area contributed by atoms with E-state index >= 15 is 0 Å². The lowest BCUT2D eigenvalue weighted by molar-refractivity contribution is -0.137. The monoisotopic (exact) mass is 273 g/mol. The van der Waals surface area contributed by atoms with Gasteiger partial charge in [0.25, 0.3) is 0 Å². The van der Waals surface area contributed by atoms with Gasteiger partial charge in [-0.25, -0.2) is 0 Å². The third-order valence-electron chi connectivity index (χ3n) is 4.87. The fraction of sp³-hybridized carbons (Fsp3) is 0.588. The van der Waals surface area contributed by atoms with E-state index in [0.29, 0.717) is 0 Å². The number of anilines is 1. The summed E-state index contributed by atoms with van der Waals surface area (Å²) in [6, 6.07) is 6.41. The molecule has 1 aromatic carbocycles. The van der Waals surface area contributed by atoms with Gasteiger partial charge in [0.1, 0.15) is 0 Å². The van der Waals surface area contributed by atoms with E-state index in [0.717, 1.165) is 18.9 Å². The molecule has 0 radical (unpaired) electrons. The van der Waals surface area contributed by atoms with Crippen LogP contribution >= 0.6 is 0 Å². The van der Waals surface area contributed by atoms with E-state index in [1.54, 1.807) is 0 Å². The molecule has 20 heavy (non-hydrogen) atoms. The summed E-state index contributed by atoms with van der Waals surface area (Å²) in [7, 11) is 0. The Morgan fingerprint density at radius 3 is 2.90 bits per heavy atom. The summed E-state index contributed by atoms with van der Waals surface area (Å²) in [6.07, 6.45) is 5.43. The van der Waals surface area contributed by atoms with Gasteiger partial charge in [-0.1, -0.05) is 25.5 Å². The molecule has 0 aromatic heterocycles. The lowest BCUT2D eigenvalue weighted by atomic mass is 9.85. The average Bonchev–Trinajstić information content (AvgIpc) is 2.76. The van der Waals surface area contributed by atoms with Crippen molar-refractivity contribution < 1.29 is 9.90 Å². The second-order valence-electron chi connectivity index (χ2n) is 6.34. The molecule has 1 atom stereocenters. The third-order valence-corrected chi connectivity index (χ3v) is 4.87. The van der Waals surface area contributed by atoms with Crippen LogP contribution in [0.3, 0.4) is 0 Å². The molecular formula is C17H23NO2. The first-order valence-electron chi connectivity index (χ1n) is 7.73. The van der Waals surface area contributed by atoms with Crippen molar-refractivity contribution in [3.63, 3.8) is 0 Å². The summed E-state index contributed by atoms with van der Waals surface area (Å²) in [5.74, 6) is 0.270. The zero-order valence-corrected chi connectivity index (χ0v) is 12.1. The highest BCUT2D eigenvalue weighted by molar-refractivity contribution is 5.69. The Kier molecular flexibility index (Phi) is 3.68. The molecule has 1 aliphatic carbocycles. The standard InChI is InChI=1S/C17H23NO2/c1-12(10-17(19)20)14-6-3-7-16-15(14)8-9-18(16)11-13-4-2-5-13/h3,6-7,12-13H,2,4-5,8-11H2,1H3,(H,19,20).